The number of hydrogen-bond donors (Lipinski definition) is 0. The third-order valence-corrected chi connectivity index (χ3v) is 13.3. The maximum absolute atomic E-state index is 2.38. The number of nitrogens with zero attached hydrogens (tertiary/aromatic N) is 2. The molecule has 0 fully saturated rings. The molecule has 55 heavy (non-hydrogen) atoms. The zero-order valence-corrected chi connectivity index (χ0v) is 42.2. The molecule has 0 aliphatic carbocycles. The molecule has 0 aliphatic heterocycles. The first kappa shape index (κ1) is 55.5. The van der Waals surface area contributed by atoms with Crippen molar-refractivity contribution >= 4 is 23.5 Å². The average Bonchev–Trinajstić information content (AvgIpc) is 3.18. The standard InChI is InChI=1S/C49H88N2S2.2HI/c1-3-5-7-9-11-13-15-17-19-21-23-25-27-29-31-33-40-50-42-36-48(37-43-50)52-46-35-47-53-49-38-44-51(45-39-49)41-34-32-30-28-26-24-22-20-18-16-14-12-10-8-6-4-2;;/h36-39,42-45H,3-35,40-41,46-47H2,1-2H3;2*1H/q+2;;/p-2. The lowest BCUT2D eigenvalue weighted by molar-refractivity contribution is -0.697. The molecule has 0 spiro atoms. The van der Waals surface area contributed by atoms with Gasteiger partial charge in [-0.1, -0.05) is 194 Å². The Morgan fingerprint density at radius 2 is 0.527 bits per heavy atom. The first-order chi connectivity index (χ1) is 26.3. The molecule has 0 aromatic carbocycles. The second-order valence-electron chi connectivity index (χ2n) is 16.2. The summed E-state index contributed by atoms with van der Waals surface area (Å²) in [7, 11) is 0. The van der Waals surface area contributed by atoms with Crippen molar-refractivity contribution in [2.75, 3.05) is 11.5 Å². The predicted molar refractivity (Wildman–Crippen MR) is 238 cm³/mol. The number of halogens is 2. The molecule has 0 aliphatic rings. The van der Waals surface area contributed by atoms with Gasteiger partial charge in [-0.05, 0) is 30.8 Å². The Morgan fingerprint density at radius 1 is 0.309 bits per heavy atom. The average molecular weight is 1020 g/mol. The normalized spacial score (nSPS) is 11.1. The lowest BCUT2D eigenvalue weighted by Gasteiger charge is -2.04. The Kier molecular flexibility index (Phi) is 44.4. The topological polar surface area (TPSA) is 7.76 Å². The summed E-state index contributed by atoms with van der Waals surface area (Å²) in [6.45, 7) is 6.94. The van der Waals surface area contributed by atoms with Crippen LogP contribution in [0.3, 0.4) is 0 Å². The van der Waals surface area contributed by atoms with Gasteiger partial charge in [-0.15, -0.1) is 23.5 Å². The zero-order valence-electron chi connectivity index (χ0n) is 36.2. The monoisotopic (exact) mass is 1020 g/mol. The van der Waals surface area contributed by atoms with E-state index in [0.29, 0.717) is 0 Å². The molecule has 2 nitrogen and oxygen atoms in total. The third-order valence-electron chi connectivity index (χ3n) is 11.1. The van der Waals surface area contributed by atoms with Crippen LogP contribution in [0.25, 0.3) is 0 Å². The van der Waals surface area contributed by atoms with Crippen molar-refractivity contribution in [3.05, 3.63) is 49.1 Å². The van der Waals surface area contributed by atoms with E-state index in [9.17, 15) is 0 Å². The molecular formula is C49H88I2N2S2. The molecule has 2 aromatic rings. The molecule has 2 heterocycles. The number of unbranched alkanes of at least 4 members (excludes halogenated alkanes) is 30. The zero-order chi connectivity index (χ0) is 37.5. The van der Waals surface area contributed by atoms with Crippen LogP contribution in [0.4, 0.5) is 0 Å². The summed E-state index contributed by atoms with van der Waals surface area (Å²) >= 11 is 4.02. The van der Waals surface area contributed by atoms with Gasteiger partial charge in [0.25, 0.3) is 0 Å². The minimum Gasteiger partial charge on any atom is -1.00 e. The van der Waals surface area contributed by atoms with E-state index in [4.69, 9.17) is 0 Å². The van der Waals surface area contributed by atoms with Crippen LogP contribution in [0.2, 0.25) is 0 Å². The van der Waals surface area contributed by atoms with Gasteiger partial charge in [0.2, 0.25) is 0 Å². The Morgan fingerprint density at radius 3 is 0.764 bits per heavy atom. The van der Waals surface area contributed by atoms with Gasteiger partial charge < -0.3 is 48.0 Å². The molecule has 320 valence electrons. The van der Waals surface area contributed by atoms with E-state index < -0.39 is 0 Å². The molecule has 2 rings (SSSR count). The van der Waals surface area contributed by atoms with Crippen LogP contribution in [0.5, 0.6) is 0 Å². The molecule has 0 atom stereocenters. The summed E-state index contributed by atoms with van der Waals surface area (Å²) in [6, 6.07) is 9.28. The Balaban J connectivity index is 0.0000146. The maximum Gasteiger partial charge on any atom is 0.169 e. The molecule has 6 heteroatoms. The summed E-state index contributed by atoms with van der Waals surface area (Å²) in [4.78, 5) is 2.82. The maximum atomic E-state index is 2.38. The van der Waals surface area contributed by atoms with Gasteiger partial charge in [0.15, 0.2) is 24.8 Å². The number of thioether (sulfide) groups is 2. The lowest BCUT2D eigenvalue weighted by Crippen LogP contribution is -3.00. The Hall–Kier alpha value is 0.460. The molecule has 0 saturated carbocycles. The molecule has 0 bridgehead atoms. The Labute approximate surface area is 386 Å². The quantitative estimate of drug-likeness (QED) is 0.0285. The second-order valence-corrected chi connectivity index (χ2v) is 18.5. The van der Waals surface area contributed by atoms with Gasteiger partial charge in [0.05, 0.1) is 0 Å². The van der Waals surface area contributed by atoms with Crippen LogP contribution in [0.1, 0.15) is 226 Å². The molecule has 0 unspecified atom stereocenters. The summed E-state index contributed by atoms with van der Waals surface area (Å²) in [5, 5.41) is 0. The SMILES string of the molecule is CCCCCCCCCCCCCCCCCC[n+]1ccc(SCCCSc2cc[n+](CCCCCCCCCCCCCCCCCC)cc2)cc1.[I-].[I-]. The summed E-state index contributed by atoms with van der Waals surface area (Å²) in [6.07, 6.45) is 56.3. The van der Waals surface area contributed by atoms with E-state index in [1.54, 1.807) is 0 Å². The minimum absolute atomic E-state index is 0. The highest BCUT2D eigenvalue weighted by molar-refractivity contribution is 8.00. The van der Waals surface area contributed by atoms with E-state index in [1.807, 2.05) is 23.5 Å². The predicted octanol–water partition coefficient (Wildman–Crippen LogP) is 10.1. The van der Waals surface area contributed by atoms with E-state index in [1.165, 1.54) is 233 Å². The van der Waals surface area contributed by atoms with Gasteiger partial charge in [-0.3, -0.25) is 0 Å². The van der Waals surface area contributed by atoms with Crippen molar-refractivity contribution in [1.29, 1.82) is 0 Å². The van der Waals surface area contributed by atoms with Crippen molar-refractivity contribution in [2.24, 2.45) is 0 Å². The highest BCUT2D eigenvalue weighted by atomic mass is 127. The fourth-order valence-electron chi connectivity index (χ4n) is 7.50. The van der Waals surface area contributed by atoms with Crippen LogP contribution in [0, 0.1) is 0 Å². The number of rotatable bonds is 40. The van der Waals surface area contributed by atoms with Crippen LogP contribution < -0.4 is 57.1 Å². The first-order valence-corrected chi connectivity index (χ1v) is 25.5. The first-order valence-electron chi connectivity index (χ1n) is 23.6. The molecule has 0 saturated heterocycles. The van der Waals surface area contributed by atoms with E-state index in [-0.39, 0.29) is 48.0 Å². The van der Waals surface area contributed by atoms with Crippen molar-refractivity contribution in [2.45, 2.75) is 249 Å². The van der Waals surface area contributed by atoms with Gasteiger partial charge in [-0.25, -0.2) is 9.13 Å². The van der Waals surface area contributed by atoms with Crippen LogP contribution >= 0.6 is 23.5 Å². The molecule has 0 radical (unpaired) electrons. The largest absolute Gasteiger partial charge is 1.00 e. The van der Waals surface area contributed by atoms with Crippen molar-refractivity contribution in [3.63, 3.8) is 0 Å². The minimum atomic E-state index is 0. The van der Waals surface area contributed by atoms with Crippen molar-refractivity contribution in [1.82, 2.24) is 0 Å². The second kappa shape index (κ2) is 44.0. The summed E-state index contributed by atoms with van der Waals surface area (Å²) < 4.78 is 4.76. The smallest absolute Gasteiger partial charge is 0.169 e. The van der Waals surface area contributed by atoms with Gasteiger partial charge in [-0.2, -0.15) is 0 Å². The number of pyridine rings is 2. The fraction of sp³-hybridized carbons (Fsp3) is 0.796. The van der Waals surface area contributed by atoms with Gasteiger partial charge in [0.1, 0.15) is 13.1 Å². The highest BCUT2D eigenvalue weighted by Crippen LogP contribution is 2.22. The van der Waals surface area contributed by atoms with Crippen LogP contribution in [-0.2, 0) is 13.1 Å². The summed E-state index contributed by atoms with van der Waals surface area (Å²) in [5.74, 6) is 2.39. The van der Waals surface area contributed by atoms with Crippen LogP contribution in [-0.4, -0.2) is 11.5 Å². The molecule has 0 amide bonds. The Bertz CT molecular complexity index is 939. The summed E-state index contributed by atoms with van der Waals surface area (Å²) in [5.41, 5.74) is 0. The van der Waals surface area contributed by atoms with Crippen molar-refractivity contribution in [3.8, 4) is 0 Å². The van der Waals surface area contributed by atoms with Crippen LogP contribution in [0.15, 0.2) is 58.8 Å². The van der Waals surface area contributed by atoms with Crippen molar-refractivity contribution < 1.29 is 57.1 Å². The highest BCUT2D eigenvalue weighted by Gasteiger charge is 2.05. The molecule has 2 aromatic heterocycles. The number of hydrogen-bond acceptors (Lipinski definition) is 2. The van der Waals surface area contributed by atoms with E-state index in [2.05, 4.69) is 72.0 Å². The van der Waals surface area contributed by atoms with E-state index in [0.717, 1.165) is 13.1 Å². The fourth-order valence-corrected chi connectivity index (χ4v) is 9.36. The van der Waals surface area contributed by atoms with Gasteiger partial charge >= 0.3 is 0 Å². The molecular weight excluding hydrogens is 934 g/mol. The van der Waals surface area contributed by atoms with E-state index >= 15 is 0 Å². The number of aryl methyl sites for hydroxylation is 2. The molecule has 0 N–H and O–H groups in total. The number of aromatic nitrogens is 2. The lowest BCUT2D eigenvalue weighted by atomic mass is 10.0. The third kappa shape index (κ3) is 36.1. The van der Waals surface area contributed by atoms with Gasteiger partial charge in [0, 0.05) is 46.9 Å².